The molecule has 0 bridgehead atoms. The van der Waals surface area contributed by atoms with Crippen molar-refractivity contribution in [2.24, 2.45) is 11.8 Å². The molecular weight excluding hydrogens is 314 g/mol. The van der Waals surface area contributed by atoms with Crippen LogP contribution in [-0.2, 0) is 0 Å². The van der Waals surface area contributed by atoms with Crippen LogP contribution in [0.15, 0.2) is 48.5 Å². The molecule has 1 heteroatoms. The van der Waals surface area contributed by atoms with Crippen LogP contribution in [-0.4, -0.2) is 0 Å². The zero-order valence-electron chi connectivity index (χ0n) is 15.7. The van der Waals surface area contributed by atoms with Gasteiger partial charge >= 0.3 is 0 Å². The lowest BCUT2D eigenvalue weighted by Crippen LogP contribution is -2.13. The van der Waals surface area contributed by atoms with Crippen molar-refractivity contribution in [3.63, 3.8) is 0 Å². The molecule has 0 saturated heterocycles. The summed E-state index contributed by atoms with van der Waals surface area (Å²) in [6.45, 7) is 2.28. The van der Waals surface area contributed by atoms with Gasteiger partial charge in [0.2, 0.25) is 0 Å². The Labute approximate surface area is 158 Å². The monoisotopic (exact) mass is 341 g/mol. The third kappa shape index (κ3) is 5.00. The minimum Gasteiger partial charge on any atom is -0.192 e. The van der Waals surface area contributed by atoms with Crippen molar-refractivity contribution in [1.82, 2.24) is 0 Å². The van der Waals surface area contributed by atoms with Crippen LogP contribution in [0.3, 0.4) is 0 Å². The largest absolute Gasteiger partial charge is 0.192 e. The summed E-state index contributed by atoms with van der Waals surface area (Å²) in [6, 6.07) is 18.3. The van der Waals surface area contributed by atoms with Gasteiger partial charge in [-0.1, -0.05) is 62.3 Å². The molecule has 0 radical (unpaired) electrons. The first kappa shape index (κ1) is 18.3. The maximum atomic E-state index is 8.89. The molecule has 0 amide bonds. The Morgan fingerprint density at radius 2 is 1.42 bits per heavy atom. The van der Waals surface area contributed by atoms with Crippen LogP contribution in [0.2, 0.25) is 0 Å². The van der Waals surface area contributed by atoms with E-state index in [1.807, 2.05) is 24.3 Å². The van der Waals surface area contributed by atoms with Gasteiger partial charge in [-0.05, 0) is 67.0 Å². The Balaban J connectivity index is 1.57. The molecule has 0 heterocycles. The summed E-state index contributed by atoms with van der Waals surface area (Å²) in [5, 5.41) is 8.89. The minimum absolute atomic E-state index is 0.575. The lowest BCUT2D eigenvalue weighted by Gasteiger charge is -2.25. The molecule has 1 aliphatic carbocycles. The van der Waals surface area contributed by atoms with Crippen molar-refractivity contribution in [3.8, 4) is 29.0 Å². The minimum atomic E-state index is 0.575. The molecule has 0 atom stereocenters. The average molecular weight is 341 g/mol. The Kier molecular flexibility index (Phi) is 6.51. The van der Waals surface area contributed by atoms with Crippen LogP contribution in [0.4, 0.5) is 0 Å². The zero-order valence-corrected chi connectivity index (χ0v) is 15.7. The third-order valence-corrected chi connectivity index (χ3v) is 5.47. The number of benzene rings is 2. The molecule has 2 aromatic carbocycles. The Bertz CT molecular complexity index is 788. The summed E-state index contributed by atoms with van der Waals surface area (Å²) in [5.74, 6) is 8.40. The zero-order chi connectivity index (χ0) is 18.2. The highest BCUT2D eigenvalue weighted by molar-refractivity contribution is 5.65. The van der Waals surface area contributed by atoms with Gasteiger partial charge in [-0.15, -0.1) is 0 Å². The number of hydrogen-bond acceptors (Lipinski definition) is 1. The van der Waals surface area contributed by atoms with Gasteiger partial charge < -0.3 is 0 Å². The fourth-order valence-electron chi connectivity index (χ4n) is 3.76. The summed E-state index contributed by atoms with van der Waals surface area (Å²) in [7, 11) is 0. The van der Waals surface area contributed by atoms with Gasteiger partial charge in [0.25, 0.3) is 0 Å². The average Bonchev–Trinajstić information content (AvgIpc) is 2.72. The predicted molar refractivity (Wildman–Crippen MR) is 108 cm³/mol. The molecule has 1 saturated carbocycles. The third-order valence-electron chi connectivity index (χ3n) is 5.47. The number of hydrogen-bond donors (Lipinski definition) is 0. The number of nitriles is 1. The second kappa shape index (κ2) is 9.26. The van der Waals surface area contributed by atoms with Gasteiger partial charge in [0, 0.05) is 11.5 Å². The first-order chi connectivity index (χ1) is 12.8. The molecule has 1 nitrogen and oxygen atoms in total. The molecule has 0 N–H and O–H groups in total. The first-order valence-corrected chi connectivity index (χ1v) is 9.90. The second-order valence-corrected chi connectivity index (χ2v) is 7.40. The Morgan fingerprint density at radius 1 is 0.846 bits per heavy atom. The lowest BCUT2D eigenvalue weighted by atomic mass is 9.80. The van der Waals surface area contributed by atoms with E-state index < -0.39 is 0 Å². The SMILES string of the molecule is CCCC[C@H]1CC[C@H](C#Cc2ccc(-c3ccc(C#N)cc3)cc2)CC1. The van der Waals surface area contributed by atoms with Crippen LogP contribution in [0.25, 0.3) is 11.1 Å². The summed E-state index contributed by atoms with van der Waals surface area (Å²) in [6.07, 6.45) is 9.36. The highest BCUT2D eigenvalue weighted by Gasteiger charge is 2.19. The molecule has 2 aromatic rings. The van der Waals surface area contributed by atoms with E-state index in [0.29, 0.717) is 11.5 Å². The van der Waals surface area contributed by atoms with Crippen molar-refractivity contribution in [1.29, 1.82) is 5.26 Å². The highest BCUT2D eigenvalue weighted by atomic mass is 14.2. The number of unbranched alkanes of at least 4 members (excludes halogenated alkanes) is 1. The smallest absolute Gasteiger partial charge is 0.0991 e. The first-order valence-electron chi connectivity index (χ1n) is 9.90. The van der Waals surface area contributed by atoms with E-state index in [1.165, 1.54) is 44.9 Å². The quantitative estimate of drug-likeness (QED) is 0.577. The van der Waals surface area contributed by atoms with Gasteiger partial charge in [0.15, 0.2) is 0 Å². The van der Waals surface area contributed by atoms with E-state index in [9.17, 15) is 0 Å². The van der Waals surface area contributed by atoms with Crippen LogP contribution >= 0.6 is 0 Å². The molecule has 1 aliphatic rings. The normalized spacial score (nSPS) is 19.2. The molecule has 1 fully saturated rings. The van der Waals surface area contributed by atoms with Gasteiger partial charge in [-0.3, -0.25) is 0 Å². The predicted octanol–water partition coefficient (Wildman–Crippen LogP) is 6.57. The Hall–Kier alpha value is -2.51. The van der Waals surface area contributed by atoms with Crippen molar-refractivity contribution in [3.05, 3.63) is 59.7 Å². The lowest BCUT2D eigenvalue weighted by molar-refractivity contribution is 0.296. The van der Waals surface area contributed by atoms with Gasteiger partial charge in [0.05, 0.1) is 11.6 Å². The van der Waals surface area contributed by atoms with E-state index in [1.54, 1.807) is 0 Å². The molecule has 132 valence electrons. The fraction of sp³-hybridized carbons (Fsp3) is 0.400. The summed E-state index contributed by atoms with van der Waals surface area (Å²) in [4.78, 5) is 0. The van der Waals surface area contributed by atoms with E-state index in [0.717, 1.165) is 22.6 Å². The maximum absolute atomic E-state index is 8.89. The van der Waals surface area contributed by atoms with Gasteiger partial charge in [-0.2, -0.15) is 5.26 Å². The highest BCUT2D eigenvalue weighted by Crippen LogP contribution is 2.31. The molecule has 0 spiro atoms. The molecule has 0 aromatic heterocycles. The van der Waals surface area contributed by atoms with Gasteiger partial charge in [-0.25, -0.2) is 0 Å². The van der Waals surface area contributed by atoms with E-state index >= 15 is 0 Å². The standard InChI is InChI=1S/C25H27N/c1-2-3-4-20-5-7-21(8-6-20)9-10-22-11-15-24(16-12-22)25-17-13-23(19-26)14-18-25/h11-18,20-21H,2-8H2,1H3/t20-,21-. The van der Waals surface area contributed by atoms with Crippen LogP contribution < -0.4 is 0 Å². The van der Waals surface area contributed by atoms with Crippen LogP contribution in [0.5, 0.6) is 0 Å². The number of rotatable bonds is 4. The topological polar surface area (TPSA) is 23.8 Å². The van der Waals surface area contributed by atoms with E-state index in [-0.39, 0.29) is 0 Å². The molecule has 26 heavy (non-hydrogen) atoms. The van der Waals surface area contributed by atoms with Crippen molar-refractivity contribution >= 4 is 0 Å². The number of nitrogens with zero attached hydrogens (tertiary/aromatic N) is 1. The fourth-order valence-corrected chi connectivity index (χ4v) is 3.76. The second-order valence-electron chi connectivity index (χ2n) is 7.40. The molecular formula is C25H27N. The van der Waals surface area contributed by atoms with Crippen molar-refractivity contribution in [2.75, 3.05) is 0 Å². The maximum Gasteiger partial charge on any atom is 0.0991 e. The molecule has 0 aliphatic heterocycles. The van der Waals surface area contributed by atoms with E-state index in [4.69, 9.17) is 5.26 Å². The Morgan fingerprint density at radius 3 is 1.96 bits per heavy atom. The molecule has 3 rings (SSSR count). The van der Waals surface area contributed by atoms with E-state index in [2.05, 4.69) is 49.1 Å². The summed E-state index contributed by atoms with van der Waals surface area (Å²) >= 11 is 0. The molecule has 0 unspecified atom stereocenters. The van der Waals surface area contributed by atoms with Crippen molar-refractivity contribution in [2.45, 2.75) is 51.9 Å². The van der Waals surface area contributed by atoms with Gasteiger partial charge in [0.1, 0.15) is 0 Å². The van der Waals surface area contributed by atoms with Crippen LogP contribution in [0, 0.1) is 35.0 Å². The summed E-state index contributed by atoms with van der Waals surface area (Å²) in [5.41, 5.74) is 4.08. The van der Waals surface area contributed by atoms with Crippen LogP contribution in [0.1, 0.15) is 63.0 Å². The van der Waals surface area contributed by atoms with Crippen molar-refractivity contribution < 1.29 is 0 Å². The summed E-state index contributed by atoms with van der Waals surface area (Å²) < 4.78 is 0.